The largest absolute Gasteiger partial charge is 0.376 e. The van der Waals surface area contributed by atoms with Crippen molar-refractivity contribution in [3.8, 4) is 6.07 Å². The molecule has 1 aromatic rings. The quantitative estimate of drug-likeness (QED) is 0.686. The zero-order chi connectivity index (χ0) is 15.9. The van der Waals surface area contributed by atoms with Crippen molar-refractivity contribution >= 4 is 17.5 Å². The molecule has 1 N–H and O–H groups in total. The van der Waals surface area contributed by atoms with Crippen molar-refractivity contribution in [1.29, 1.82) is 5.26 Å². The second kappa shape index (κ2) is 7.86. The van der Waals surface area contributed by atoms with Gasteiger partial charge in [0.2, 0.25) is 0 Å². The Kier molecular flexibility index (Phi) is 5.85. The molecule has 1 aliphatic heterocycles. The van der Waals surface area contributed by atoms with E-state index in [2.05, 4.69) is 17.1 Å². The maximum Gasteiger partial charge on any atom is 0.263 e. The number of carbonyl (C=O) groups excluding carboxylic acids is 1. The molecule has 1 amide bonds. The Morgan fingerprint density at radius 1 is 1.55 bits per heavy atom. The molecular formula is C17H20ClN3O. The molecule has 0 radical (unpaired) electrons. The number of hydrogen-bond acceptors (Lipinski definition) is 3. The van der Waals surface area contributed by atoms with Gasteiger partial charge in [0.25, 0.3) is 5.91 Å². The number of hydrogen-bond donors (Lipinski definition) is 1. The number of halogens is 1. The molecule has 22 heavy (non-hydrogen) atoms. The third-order valence-corrected chi connectivity index (χ3v) is 4.13. The molecule has 1 heterocycles. The highest BCUT2D eigenvalue weighted by Gasteiger charge is 2.16. The molecule has 0 aliphatic carbocycles. The maximum absolute atomic E-state index is 12.1. The molecule has 2 rings (SSSR count). The van der Waals surface area contributed by atoms with Crippen LogP contribution in [0.5, 0.6) is 0 Å². The number of nitrogens with one attached hydrogen (secondary N) is 1. The number of amides is 1. The van der Waals surface area contributed by atoms with Gasteiger partial charge >= 0.3 is 0 Å². The lowest BCUT2D eigenvalue weighted by Gasteiger charge is -2.29. The first-order valence-electron chi connectivity index (χ1n) is 7.47. The van der Waals surface area contributed by atoms with E-state index in [4.69, 9.17) is 11.6 Å². The number of rotatable bonds is 4. The number of nitrogens with zero attached hydrogens (tertiary/aromatic N) is 2. The average Bonchev–Trinajstić information content (AvgIpc) is 2.51. The van der Waals surface area contributed by atoms with Crippen LogP contribution in [0.1, 0.15) is 25.3 Å². The van der Waals surface area contributed by atoms with Gasteiger partial charge in [0.05, 0.1) is 0 Å². The second-order valence-corrected chi connectivity index (χ2v) is 6.08. The number of nitriles is 1. The van der Waals surface area contributed by atoms with Gasteiger partial charge in [-0.25, -0.2) is 0 Å². The lowest BCUT2D eigenvalue weighted by atomic mass is 10.0. The molecular weight excluding hydrogens is 298 g/mol. The van der Waals surface area contributed by atoms with Crippen LogP contribution >= 0.6 is 11.6 Å². The molecule has 1 aliphatic rings. The standard InChI is InChI=1S/C17H20ClN3O/c1-13-5-4-8-21(11-13)12-15(9-19)17(22)20-10-14-6-2-3-7-16(14)18/h2-3,6-7,12-13H,4-5,8,10-11H2,1H3,(H,20,22)/b15-12-. The van der Waals surface area contributed by atoms with Crippen molar-refractivity contribution in [1.82, 2.24) is 10.2 Å². The minimum atomic E-state index is -0.361. The normalized spacial score (nSPS) is 18.7. The number of piperidine rings is 1. The van der Waals surface area contributed by atoms with Gasteiger partial charge in [-0.3, -0.25) is 4.79 Å². The minimum absolute atomic E-state index is 0.140. The molecule has 1 saturated heterocycles. The van der Waals surface area contributed by atoms with Crippen LogP contribution in [0.3, 0.4) is 0 Å². The summed E-state index contributed by atoms with van der Waals surface area (Å²) in [6.45, 7) is 4.29. The van der Waals surface area contributed by atoms with Gasteiger partial charge in [-0.2, -0.15) is 5.26 Å². The van der Waals surface area contributed by atoms with Gasteiger partial charge in [0.15, 0.2) is 0 Å². The fourth-order valence-electron chi connectivity index (χ4n) is 2.58. The molecule has 4 nitrogen and oxygen atoms in total. The molecule has 5 heteroatoms. The summed E-state index contributed by atoms with van der Waals surface area (Å²) in [7, 11) is 0. The summed E-state index contributed by atoms with van der Waals surface area (Å²) in [5.41, 5.74) is 0.975. The highest BCUT2D eigenvalue weighted by molar-refractivity contribution is 6.31. The molecule has 0 saturated carbocycles. The van der Waals surface area contributed by atoms with Crippen molar-refractivity contribution in [3.63, 3.8) is 0 Å². The molecule has 0 spiro atoms. The Bertz CT molecular complexity index is 606. The summed E-state index contributed by atoms with van der Waals surface area (Å²) < 4.78 is 0. The van der Waals surface area contributed by atoms with Crippen molar-refractivity contribution in [2.45, 2.75) is 26.3 Å². The first-order valence-corrected chi connectivity index (χ1v) is 7.85. The monoisotopic (exact) mass is 317 g/mol. The van der Waals surface area contributed by atoms with Gasteiger partial charge in [0, 0.05) is 30.9 Å². The predicted octanol–water partition coefficient (Wildman–Crippen LogP) is 3.10. The summed E-state index contributed by atoms with van der Waals surface area (Å²) in [5, 5.41) is 12.6. The summed E-state index contributed by atoms with van der Waals surface area (Å²) in [4.78, 5) is 14.2. The number of benzene rings is 1. The van der Waals surface area contributed by atoms with E-state index < -0.39 is 0 Å². The van der Waals surface area contributed by atoms with Crippen molar-refractivity contribution in [3.05, 3.63) is 46.6 Å². The number of likely N-dealkylation sites (tertiary alicyclic amines) is 1. The van der Waals surface area contributed by atoms with E-state index in [0.717, 1.165) is 25.1 Å². The third kappa shape index (κ3) is 4.51. The van der Waals surface area contributed by atoms with Crippen LogP contribution in [0.2, 0.25) is 5.02 Å². The van der Waals surface area contributed by atoms with E-state index in [1.54, 1.807) is 12.3 Å². The Morgan fingerprint density at radius 3 is 3.00 bits per heavy atom. The minimum Gasteiger partial charge on any atom is -0.376 e. The summed E-state index contributed by atoms with van der Waals surface area (Å²) >= 11 is 6.05. The smallest absolute Gasteiger partial charge is 0.263 e. The van der Waals surface area contributed by atoms with Gasteiger partial charge in [-0.05, 0) is 30.4 Å². The third-order valence-electron chi connectivity index (χ3n) is 3.76. The Hall–Kier alpha value is -1.99. The molecule has 1 aromatic carbocycles. The highest BCUT2D eigenvalue weighted by atomic mass is 35.5. The summed E-state index contributed by atoms with van der Waals surface area (Å²) in [6.07, 6.45) is 3.97. The molecule has 0 bridgehead atoms. The predicted molar refractivity (Wildman–Crippen MR) is 87.0 cm³/mol. The molecule has 1 fully saturated rings. The van der Waals surface area contributed by atoms with Crippen LogP contribution in [0.4, 0.5) is 0 Å². The molecule has 1 atom stereocenters. The van der Waals surface area contributed by atoms with Crippen LogP contribution in [0.25, 0.3) is 0 Å². The van der Waals surface area contributed by atoms with E-state index in [0.29, 0.717) is 17.5 Å². The van der Waals surface area contributed by atoms with Crippen molar-refractivity contribution in [2.75, 3.05) is 13.1 Å². The van der Waals surface area contributed by atoms with E-state index in [-0.39, 0.29) is 11.5 Å². The van der Waals surface area contributed by atoms with E-state index in [1.807, 2.05) is 24.3 Å². The van der Waals surface area contributed by atoms with Crippen LogP contribution in [-0.2, 0) is 11.3 Å². The average molecular weight is 318 g/mol. The van der Waals surface area contributed by atoms with Crippen molar-refractivity contribution in [2.24, 2.45) is 5.92 Å². The lowest BCUT2D eigenvalue weighted by Crippen LogP contribution is -2.32. The second-order valence-electron chi connectivity index (χ2n) is 5.67. The first kappa shape index (κ1) is 16.4. The summed E-state index contributed by atoms with van der Waals surface area (Å²) in [6, 6.07) is 9.32. The van der Waals surface area contributed by atoms with Gasteiger partial charge in [0.1, 0.15) is 11.6 Å². The SMILES string of the molecule is CC1CCCN(/C=C(/C#N)C(=O)NCc2ccccc2Cl)C1. The van der Waals surface area contributed by atoms with Crippen LogP contribution in [-0.4, -0.2) is 23.9 Å². The summed E-state index contributed by atoms with van der Waals surface area (Å²) in [5.74, 6) is 0.233. The Morgan fingerprint density at radius 2 is 2.32 bits per heavy atom. The number of carbonyl (C=O) groups is 1. The molecule has 0 aromatic heterocycles. The fourth-order valence-corrected chi connectivity index (χ4v) is 2.78. The zero-order valence-electron chi connectivity index (χ0n) is 12.7. The van der Waals surface area contributed by atoms with Crippen LogP contribution in [0.15, 0.2) is 36.0 Å². The van der Waals surface area contributed by atoms with E-state index in [1.165, 1.54) is 6.42 Å². The maximum atomic E-state index is 12.1. The molecule has 1 unspecified atom stereocenters. The topological polar surface area (TPSA) is 56.1 Å². The zero-order valence-corrected chi connectivity index (χ0v) is 13.4. The van der Waals surface area contributed by atoms with Crippen LogP contribution < -0.4 is 5.32 Å². The highest BCUT2D eigenvalue weighted by Crippen LogP contribution is 2.17. The van der Waals surface area contributed by atoms with Gasteiger partial charge < -0.3 is 10.2 Å². The lowest BCUT2D eigenvalue weighted by molar-refractivity contribution is -0.117. The van der Waals surface area contributed by atoms with E-state index in [9.17, 15) is 10.1 Å². The van der Waals surface area contributed by atoms with Crippen LogP contribution in [0, 0.1) is 17.2 Å². The van der Waals surface area contributed by atoms with E-state index >= 15 is 0 Å². The van der Waals surface area contributed by atoms with Crippen molar-refractivity contribution < 1.29 is 4.79 Å². The first-order chi connectivity index (χ1) is 10.6. The fraction of sp³-hybridized carbons (Fsp3) is 0.412. The Labute approximate surface area is 136 Å². The van der Waals surface area contributed by atoms with Gasteiger partial charge in [-0.1, -0.05) is 36.7 Å². The molecule has 116 valence electrons. The Balaban J connectivity index is 1.97. The van der Waals surface area contributed by atoms with Gasteiger partial charge in [-0.15, -0.1) is 0 Å².